The van der Waals surface area contributed by atoms with Crippen LogP contribution in [-0.4, -0.2) is 16.5 Å². The highest BCUT2D eigenvalue weighted by Crippen LogP contribution is 2.38. The number of thioether (sulfide) groups is 1. The summed E-state index contributed by atoms with van der Waals surface area (Å²) in [6, 6.07) is 12.1. The summed E-state index contributed by atoms with van der Waals surface area (Å²) in [6.45, 7) is 11.3. The molecule has 1 aliphatic rings. The molecular formula is C27H24N2OS. The van der Waals surface area contributed by atoms with Gasteiger partial charge in [0.15, 0.2) is 5.78 Å². The van der Waals surface area contributed by atoms with E-state index in [2.05, 4.69) is 36.0 Å². The van der Waals surface area contributed by atoms with Crippen molar-refractivity contribution in [2.75, 3.05) is 0 Å². The van der Waals surface area contributed by atoms with Crippen molar-refractivity contribution in [3.05, 3.63) is 108 Å². The van der Waals surface area contributed by atoms with E-state index < -0.39 is 0 Å². The second-order valence-electron chi connectivity index (χ2n) is 7.27. The molecule has 0 saturated heterocycles. The summed E-state index contributed by atoms with van der Waals surface area (Å²) < 4.78 is 0. The molecule has 0 fully saturated rings. The fourth-order valence-electron chi connectivity index (χ4n) is 2.94. The third-order valence-corrected chi connectivity index (χ3v) is 6.03. The zero-order valence-corrected chi connectivity index (χ0v) is 18.5. The number of fused-ring (bicyclic) bond motifs is 1. The largest absolute Gasteiger partial charge is 0.301 e. The number of ketones is 1. The van der Waals surface area contributed by atoms with Crippen LogP contribution < -0.4 is 0 Å². The summed E-state index contributed by atoms with van der Waals surface area (Å²) in [5.41, 5.74) is 7.82. The number of hydrogen-bond donors (Lipinski definition) is 1. The number of carbonyl (C=O) groups excluding carboxylic acids is 1. The van der Waals surface area contributed by atoms with E-state index in [0.717, 1.165) is 32.2 Å². The molecule has 31 heavy (non-hydrogen) atoms. The number of nitrogens with zero attached hydrogens (tertiary/aromatic N) is 1. The molecule has 0 radical (unpaired) electrons. The molecule has 4 heteroatoms. The van der Waals surface area contributed by atoms with Gasteiger partial charge < -0.3 is 5.41 Å². The van der Waals surface area contributed by atoms with E-state index >= 15 is 0 Å². The Morgan fingerprint density at radius 1 is 1.29 bits per heavy atom. The highest BCUT2D eigenvalue weighted by atomic mass is 32.2. The van der Waals surface area contributed by atoms with Crippen LogP contribution in [0.3, 0.4) is 0 Å². The minimum Gasteiger partial charge on any atom is -0.301 e. The molecule has 0 bridgehead atoms. The maximum Gasteiger partial charge on any atom is 0.182 e. The molecule has 2 heterocycles. The van der Waals surface area contributed by atoms with Crippen molar-refractivity contribution in [3.8, 4) is 0 Å². The third kappa shape index (κ3) is 5.58. The number of nitrogens with one attached hydrogen (secondary N) is 1. The summed E-state index contributed by atoms with van der Waals surface area (Å²) in [4.78, 5) is 18.4. The van der Waals surface area contributed by atoms with Crippen molar-refractivity contribution in [1.82, 2.24) is 4.98 Å². The Morgan fingerprint density at radius 2 is 2.03 bits per heavy atom. The van der Waals surface area contributed by atoms with Crippen LogP contribution in [0, 0.1) is 11.3 Å². The van der Waals surface area contributed by atoms with Gasteiger partial charge in [0.1, 0.15) is 5.03 Å². The Bertz CT molecular complexity index is 1180. The second kappa shape index (κ2) is 10.0. The quantitative estimate of drug-likeness (QED) is 0.220. The average Bonchev–Trinajstić information content (AvgIpc) is 2.80. The number of allylic oxidation sites excluding steroid dienone is 5. The Balaban J connectivity index is 1.84. The molecule has 0 spiro atoms. The topological polar surface area (TPSA) is 53.8 Å². The second-order valence-corrected chi connectivity index (χ2v) is 8.27. The van der Waals surface area contributed by atoms with E-state index in [-0.39, 0.29) is 17.4 Å². The van der Waals surface area contributed by atoms with E-state index in [9.17, 15) is 4.79 Å². The molecule has 2 aromatic rings. The number of pyridine rings is 1. The van der Waals surface area contributed by atoms with Gasteiger partial charge in [-0.15, -0.1) is 5.73 Å². The molecule has 1 atom stereocenters. The van der Waals surface area contributed by atoms with Crippen molar-refractivity contribution >= 4 is 40.3 Å². The van der Waals surface area contributed by atoms with Gasteiger partial charge in [0.25, 0.3) is 0 Å². The van der Waals surface area contributed by atoms with Crippen molar-refractivity contribution in [2.45, 2.75) is 18.9 Å². The van der Waals surface area contributed by atoms with Gasteiger partial charge in [0.2, 0.25) is 0 Å². The first-order valence-electron chi connectivity index (χ1n) is 9.89. The van der Waals surface area contributed by atoms with Gasteiger partial charge in [0.05, 0.1) is 10.6 Å². The average molecular weight is 425 g/mol. The minimum absolute atomic E-state index is 0.153. The predicted molar refractivity (Wildman–Crippen MR) is 132 cm³/mol. The molecule has 0 amide bonds. The third-order valence-electron chi connectivity index (χ3n) is 4.94. The van der Waals surface area contributed by atoms with Crippen molar-refractivity contribution in [1.29, 1.82) is 5.41 Å². The van der Waals surface area contributed by atoms with E-state index in [1.54, 1.807) is 30.1 Å². The standard InChI is InChI=1S/C27H24N2OS/c1-5-23(28)16-24(19(4)18(2)3)25(30)13-11-20-15-22-12-14-26(31-27(22)29-17-20)21-9-7-6-8-10-21/h5-13,15-17,19,28H,1-2H2,3-4H3/b13-11+,24-16+,28-23?. The molecule has 0 saturated carbocycles. The van der Waals surface area contributed by atoms with E-state index in [0.29, 0.717) is 5.57 Å². The number of benzene rings is 1. The Labute approximate surface area is 187 Å². The molecule has 3 nitrogen and oxygen atoms in total. The van der Waals surface area contributed by atoms with E-state index in [1.807, 2.05) is 44.2 Å². The first kappa shape index (κ1) is 22.2. The summed E-state index contributed by atoms with van der Waals surface area (Å²) in [7, 11) is 0. The zero-order chi connectivity index (χ0) is 22.4. The predicted octanol–water partition coefficient (Wildman–Crippen LogP) is 6.77. The summed E-state index contributed by atoms with van der Waals surface area (Å²) in [6.07, 6.45) is 9.93. The fourth-order valence-corrected chi connectivity index (χ4v) is 3.84. The number of rotatable bonds is 8. The lowest BCUT2D eigenvalue weighted by Gasteiger charge is -2.14. The molecule has 154 valence electrons. The Hall–Kier alpha value is -3.46. The maximum atomic E-state index is 12.8. The van der Waals surface area contributed by atoms with Crippen LogP contribution in [0.15, 0.2) is 95.9 Å². The number of aromatic nitrogens is 1. The summed E-state index contributed by atoms with van der Waals surface area (Å²) in [5.74, 6) is -0.309. The lowest BCUT2D eigenvalue weighted by Crippen LogP contribution is -2.11. The first-order chi connectivity index (χ1) is 14.9. The lowest BCUT2D eigenvalue weighted by molar-refractivity contribution is -0.111. The highest BCUT2D eigenvalue weighted by Gasteiger charge is 2.16. The molecule has 1 unspecified atom stereocenters. The first-order valence-corrected chi connectivity index (χ1v) is 10.7. The van der Waals surface area contributed by atoms with Crippen LogP contribution in [0.2, 0.25) is 0 Å². The summed E-state index contributed by atoms with van der Waals surface area (Å²) in [5, 5.41) is 8.76. The van der Waals surface area contributed by atoms with Gasteiger partial charge in [-0.2, -0.15) is 0 Å². The molecular weight excluding hydrogens is 400 g/mol. The minimum atomic E-state index is -0.156. The van der Waals surface area contributed by atoms with Crippen LogP contribution in [0.5, 0.6) is 0 Å². The number of carbonyl (C=O) groups is 1. The van der Waals surface area contributed by atoms with Crippen LogP contribution in [0.1, 0.15) is 30.5 Å². The molecule has 1 aromatic heterocycles. The van der Waals surface area contributed by atoms with E-state index in [4.69, 9.17) is 5.41 Å². The SMILES string of the molecule is C=CC(=N)/C=C(/C(=O)/C=C/c1cnc2c(c1)C=C=C(c1ccccc1)S2)C(C)C(=C)C. The van der Waals surface area contributed by atoms with Gasteiger partial charge in [0, 0.05) is 23.3 Å². The van der Waals surface area contributed by atoms with Gasteiger partial charge >= 0.3 is 0 Å². The van der Waals surface area contributed by atoms with Crippen LogP contribution >= 0.6 is 11.8 Å². The monoisotopic (exact) mass is 424 g/mol. The normalized spacial score (nSPS) is 14.0. The molecule has 1 aromatic carbocycles. The smallest absolute Gasteiger partial charge is 0.182 e. The van der Waals surface area contributed by atoms with Gasteiger partial charge in [-0.05, 0) is 54.5 Å². The fraction of sp³-hybridized carbons (Fsp3) is 0.111. The number of hydrogen-bond acceptors (Lipinski definition) is 4. The van der Waals surface area contributed by atoms with Crippen molar-refractivity contribution in [2.24, 2.45) is 5.92 Å². The van der Waals surface area contributed by atoms with Crippen LogP contribution in [0.25, 0.3) is 17.1 Å². The highest BCUT2D eigenvalue weighted by molar-refractivity contribution is 8.08. The molecule has 0 aliphatic carbocycles. The summed E-state index contributed by atoms with van der Waals surface area (Å²) >= 11 is 1.58. The molecule has 1 N–H and O–H groups in total. The zero-order valence-electron chi connectivity index (χ0n) is 17.7. The van der Waals surface area contributed by atoms with Crippen molar-refractivity contribution in [3.63, 3.8) is 0 Å². The Kier molecular flexibility index (Phi) is 7.19. The van der Waals surface area contributed by atoms with Crippen LogP contribution in [0.4, 0.5) is 0 Å². The van der Waals surface area contributed by atoms with Crippen LogP contribution in [-0.2, 0) is 4.79 Å². The van der Waals surface area contributed by atoms with Gasteiger partial charge in [-0.1, -0.05) is 67.7 Å². The molecule has 3 rings (SSSR count). The molecule has 1 aliphatic heterocycles. The van der Waals surface area contributed by atoms with Crippen molar-refractivity contribution < 1.29 is 4.79 Å². The van der Waals surface area contributed by atoms with Gasteiger partial charge in [-0.25, -0.2) is 4.98 Å². The maximum absolute atomic E-state index is 12.8. The van der Waals surface area contributed by atoms with E-state index in [1.165, 1.54) is 12.2 Å². The Morgan fingerprint density at radius 3 is 2.71 bits per heavy atom. The lowest BCUT2D eigenvalue weighted by atomic mass is 9.90. The van der Waals surface area contributed by atoms with Gasteiger partial charge in [-0.3, -0.25) is 4.79 Å².